The molecule has 0 saturated carbocycles. The van der Waals surface area contributed by atoms with Gasteiger partial charge in [-0.2, -0.15) is 0 Å². The van der Waals surface area contributed by atoms with Crippen molar-refractivity contribution in [3.8, 4) is 5.75 Å². The van der Waals surface area contributed by atoms with E-state index in [0.717, 1.165) is 11.8 Å². The number of phenolic OH excluding ortho intramolecular Hbond substituents is 1. The van der Waals surface area contributed by atoms with Crippen LogP contribution in [0.5, 0.6) is 5.75 Å². The number of aromatic hydroxyl groups is 1. The zero-order valence-corrected chi connectivity index (χ0v) is 13.0. The van der Waals surface area contributed by atoms with Gasteiger partial charge in [0.25, 0.3) is 5.91 Å². The number of ether oxygens (including phenoxy) is 1. The van der Waals surface area contributed by atoms with Crippen LogP contribution in [0, 0.1) is 0 Å². The molecule has 0 aromatic heterocycles. The van der Waals surface area contributed by atoms with Crippen molar-refractivity contribution in [2.75, 3.05) is 25.1 Å². The molecule has 4 nitrogen and oxygen atoms in total. The molecule has 0 bridgehead atoms. The second-order valence-electron chi connectivity index (χ2n) is 3.58. The quantitative estimate of drug-likeness (QED) is 0.564. The van der Waals surface area contributed by atoms with Crippen molar-refractivity contribution in [3.05, 3.63) is 28.2 Å². The summed E-state index contributed by atoms with van der Waals surface area (Å²) in [6, 6.07) is 4.73. The SMILES string of the molecule is O=C(NCCCOCCBr)c1ccc(Br)c(O)c1. The van der Waals surface area contributed by atoms with Crippen LogP contribution in [0.15, 0.2) is 22.7 Å². The highest BCUT2D eigenvalue weighted by Crippen LogP contribution is 2.24. The van der Waals surface area contributed by atoms with E-state index in [0.29, 0.717) is 29.8 Å². The first-order chi connectivity index (χ1) is 8.65. The third-order valence-corrected chi connectivity index (χ3v) is 3.18. The molecule has 2 N–H and O–H groups in total. The number of carbonyl (C=O) groups excluding carboxylic acids is 1. The summed E-state index contributed by atoms with van der Waals surface area (Å²) >= 11 is 6.43. The number of nitrogens with one attached hydrogen (secondary N) is 1. The molecule has 0 aliphatic heterocycles. The molecule has 1 rings (SSSR count). The minimum Gasteiger partial charge on any atom is -0.507 e. The number of rotatable bonds is 7. The zero-order valence-electron chi connectivity index (χ0n) is 9.79. The molecule has 0 radical (unpaired) electrons. The molecule has 1 aromatic rings. The number of hydrogen-bond donors (Lipinski definition) is 2. The molecule has 0 aliphatic rings. The van der Waals surface area contributed by atoms with Crippen molar-refractivity contribution in [3.63, 3.8) is 0 Å². The maximum Gasteiger partial charge on any atom is 0.251 e. The van der Waals surface area contributed by atoms with E-state index >= 15 is 0 Å². The predicted molar refractivity (Wildman–Crippen MR) is 77.4 cm³/mol. The van der Waals surface area contributed by atoms with E-state index in [9.17, 15) is 9.90 Å². The van der Waals surface area contributed by atoms with E-state index in [1.807, 2.05) is 0 Å². The Bertz CT molecular complexity index is 399. The fraction of sp³-hybridized carbons (Fsp3) is 0.417. The van der Waals surface area contributed by atoms with E-state index in [-0.39, 0.29) is 11.7 Å². The van der Waals surface area contributed by atoms with Gasteiger partial charge in [0.2, 0.25) is 0 Å². The van der Waals surface area contributed by atoms with Gasteiger partial charge in [0.05, 0.1) is 11.1 Å². The Labute approximate surface area is 123 Å². The highest BCUT2D eigenvalue weighted by molar-refractivity contribution is 9.10. The lowest BCUT2D eigenvalue weighted by Crippen LogP contribution is -2.25. The standard InChI is InChI=1S/C12H15Br2NO3/c13-4-7-18-6-1-5-15-12(17)9-2-3-10(14)11(16)8-9/h2-3,8,16H,1,4-7H2,(H,15,17). The van der Waals surface area contributed by atoms with Crippen molar-refractivity contribution in [1.82, 2.24) is 5.32 Å². The summed E-state index contributed by atoms with van der Waals surface area (Å²) in [7, 11) is 0. The zero-order chi connectivity index (χ0) is 13.4. The summed E-state index contributed by atoms with van der Waals surface area (Å²) in [5.41, 5.74) is 0.442. The van der Waals surface area contributed by atoms with Gasteiger partial charge in [0.1, 0.15) is 5.75 Å². The number of benzene rings is 1. The number of carbonyl (C=O) groups is 1. The maximum atomic E-state index is 11.7. The average molecular weight is 381 g/mol. The second kappa shape index (κ2) is 8.50. The van der Waals surface area contributed by atoms with Gasteiger partial charge in [-0.25, -0.2) is 0 Å². The average Bonchev–Trinajstić information content (AvgIpc) is 2.36. The van der Waals surface area contributed by atoms with E-state index < -0.39 is 0 Å². The summed E-state index contributed by atoms with van der Waals surface area (Å²) in [4.78, 5) is 11.7. The van der Waals surface area contributed by atoms with Crippen LogP contribution < -0.4 is 5.32 Å². The van der Waals surface area contributed by atoms with Gasteiger partial charge in [-0.1, -0.05) is 15.9 Å². The fourth-order valence-corrected chi connectivity index (χ4v) is 1.76. The first-order valence-electron chi connectivity index (χ1n) is 5.55. The van der Waals surface area contributed by atoms with Crippen LogP contribution in [0.4, 0.5) is 0 Å². The second-order valence-corrected chi connectivity index (χ2v) is 5.22. The van der Waals surface area contributed by atoms with Crippen molar-refractivity contribution in [2.45, 2.75) is 6.42 Å². The van der Waals surface area contributed by atoms with Crippen LogP contribution in [0.3, 0.4) is 0 Å². The van der Waals surface area contributed by atoms with Gasteiger partial charge in [-0.15, -0.1) is 0 Å². The van der Waals surface area contributed by atoms with Crippen LogP contribution in [0.2, 0.25) is 0 Å². The maximum absolute atomic E-state index is 11.7. The van der Waals surface area contributed by atoms with E-state index in [1.165, 1.54) is 6.07 Å². The van der Waals surface area contributed by atoms with Crippen molar-refractivity contribution in [1.29, 1.82) is 0 Å². The lowest BCUT2D eigenvalue weighted by atomic mass is 10.2. The summed E-state index contributed by atoms with van der Waals surface area (Å²) in [5.74, 6) is -0.137. The van der Waals surface area contributed by atoms with Crippen LogP contribution in [0.25, 0.3) is 0 Å². The lowest BCUT2D eigenvalue weighted by Gasteiger charge is -2.06. The molecule has 1 aromatic carbocycles. The highest BCUT2D eigenvalue weighted by atomic mass is 79.9. The third kappa shape index (κ3) is 5.37. The van der Waals surface area contributed by atoms with E-state index in [2.05, 4.69) is 37.2 Å². The van der Waals surface area contributed by atoms with E-state index in [1.54, 1.807) is 12.1 Å². The number of halogens is 2. The molecule has 0 atom stereocenters. The Morgan fingerprint density at radius 2 is 2.17 bits per heavy atom. The first kappa shape index (κ1) is 15.5. The summed E-state index contributed by atoms with van der Waals surface area (Å²) in [5, 5.41) is 13.0. The first-order valence-corrected chi connectivity index (χ1v) is 7.47. The van der Waals surface area contributed by atoms with Crippen LogP contribution >= 0.6 is 31.9 Å². The van der Waals surface area contributed by atoms with Crippen LogP contribution in [0.1, 0.15) is 16.8 Å². The number of alkyl halides is 1. The number of amides is 1. The smallest absolute Gasteiger partial charge is 0.251 e. The topological polar surface area (TPSA) is 58.6 Å². The molecule has 100 valence electrons. The monoisotopic (exact) mass is 379 g/mol. The Hall–Kier alpha value is -0.590. The van der Waals surface area contributed by atoms with Gasteiger partial charge in [0, 0.05) is 24.0 Å². The lowest BCUT2D eigenvalue weighted by molar-refractivity contribution is 0.0944. The van der Waals surface area contributed by atoms with Crippen molar-refractivity contribution in [2.24, 2.45) is 0 Å². The Morgan fingerprint density at radius 1 is 1.39 bits per heavy atom. The van der Waals surface area contributed by atoms with Gasteiger partial charge in [0.15, 0.2) is 0 Å². The van der Waals surface area contributed by atoms with Crippen molar-refractivity contribution < 1.29 is 14.6 Å². The molecular formula is C12H15Br2NO3. The summed E-state index contributed by atoms with van der Waals surface area (Å²) in [6.45, 7) is 1.85. The molecule has 6 heteroatoms. The molecular weight excluding hydrogens is 366 g/mol. The molecule has 0 fully saturated rings. The van der Waals surface area contributed by atoms with Gasteiger partial charge >= 0.3 is 0 Å². The minimum atomic E-state index is -0.196. The molecule has 0 aliphatic carbocycles. The molecule has 0 spiro atoms. The number of phenols is 1. The molecule has 1 amide bonds. The normalized spacial score (nSPS) is 10.3. The fourth-order valence-electron chi connectivity index (χ4n) is 1.29. The third-order valence-electron chi connectivity index (χ3n) is 2.18. The number of hydrogen-bond acceptors (Lipinski definition) is 3. The largest absolute Gasteiger partial charge is 0.507 e. The Morgan fingerprint density at radius 3 is 2.83 bits per heavy atom. The summed E-state index contributed by atoms with van der Waals surface area (Å²) in [6.07, 6.45) is 0.765. The Balaban J connectivity index is 2.30. The molecule has 0 saturated heterocycles. The highest BCUT2D eigenvalue weighted by Gasteiger charge is 2.07. The van der Waals surface area contributed by atoms with Gasteiger partial charge < -0.3 is 15.2 Å². The molecule has 18 heavy (non-hydrogen) atoms. The molecule has 0 unspecified atom stereocenters. The van der Waals surface area contributed by atoms with Crippen molar-refractivity contribution >= 4 is 37.8 Å². The Kier molecular flexibility index (Phi) is 7.31. The van der Waals surface area contributed by atoms with Gasteiger partial charge in [-0.05, 0) is 40.5 Å². The predicted octanol–water partition coefficient (Wildman–Crippen LogP) is 2.69. The summed E-state index contributed by atoms with van der Waals surface area (Å²) < 4.78 is 5.83. The molecule has 0 heterocycles. The van der Waals surface area contributed by atoms with E-state index in [4.69, 9.17) is 4.74 Å². The van der Waals surface area contributed by atoms with Gasteiger partial charge in [-0.3, -0.25) is 4.79 Å². The van der Waals surface area contributed by atoms with Crippen LogP contribution in [-0.2, 0) is 4.74 Å². The minimum absolute atomic E-state index is 0.0586. The van der Waals surface area contributed by atoms with Crippen LogP contribution in [-0.4, -0.2) is 36.1 Å².